The third kappa shape index (κ3) is 4.91. The van der Waals surface area contributed by atoms with Crippen LogP contribution in [0, 0.1) is 11.7 Å². The lowest BCUT2D eigenvalue weighted by atomic mass is 10.0. The molecule has 1 atom stereocenters. The summed E-state index contributed by atoms with van der Waals surface area (Å²) in [5.74, 6) is -1.71. The Balaban J connectivity index is 1.76. The van der Waals surface area contributed by atoms with Crippen molar-refractivity contribution in [3.8, 4) is 0 Å². The fourth-order valence-electron chi connectivity index (χ4n) is 2.75. The molecule has 0 aromatic heterocycles. The molecule has 0 heterocycles. The fourth-order valence-corrected chi connectivity index (χ4v) is 3.00. The number of rotatable bonds is 6. The molecule has 1 aromatic carbocycles. The number of amides is 2. The van der Waals surface area contributed by atoms with Gasteiger partial charge in [-0.3, -0.25) is 9.59 Å². The van der Waals surface area contributed by atoms with Gasteiger partial charge < -0.3 is 15.7 Å². The molecule has 5 nitrogen and oxygen atoms in total. The Kier molecular flexibility index (Phi) is 6.36. The Bertz CT molecular complexity index is 556. The molecular formula is C16H20ClFN2O3. The van der Waals surface area contributed by atoms with Gasteiger partial charge in [-0.05, 0) is 30.9 Å². The van der Waals surface area contributed by atoms with E-state index in [1.165, 1.54) is 12.1 Å². The summed E-state index contributed by atoms with van der Waals surface area (Å²) >= 11 is 5.78. The van der Waals surface area contributed by atoms with Gasteiger partial charge >= 0.3 is 0 Å². The molecule has 1 unspecified atom stereocenters. The lowest BCUT2D eigenvalue weighted by Crippen LogP contribution is -2.41. The van der Waals surface area contributed by atoms with Crippen LogP contribution in [0.4, 0.5) is 4.39 Å². The van der Waals surface area contributed by atoms with E-state index in [1.54, 1.807) is 0 Å². The predicted octanol–water partition coefficient (Wildman–Crippen LogP) is 1.88. The van der Waals surface area contributed by atoms with Crippen LogP contribution < -0.4 is 10.6 Å². The highest BCUT2D eigenvalue weighted by Crippen LogP contribution is 2.27. The maximum Gasteiger partial charge on any atom is 0.256 e. The molecule has 1 aromatic rings. The first-order chi connectivity index (χ1) is 11.0. The van der Waals surface area contributed by atoms with Crippen LogP contribution in [0.1, 0.15) is 36.0 Å². The SMILES string of the molecule is O=C(CNC(=O)c1c(F)cccc1Cl)NCC(O)C1CCCC1. The molecule has 23 heavy (non-hydrogen) atoms. The molecule has 0 spiro atoms. The minimum absolute atomic E-state index is 0.0143. The average Bonchev–Trinajstić information content (AvgIpc) is 3.05. The fraction of sp³-hybridized carbons (Fsp3) is 0.500. The second-order valence-corrected chi connectivity index (χ2v) is 6.10. The van der Waals surface area contributed by atoms with E-state index in [2.05, 4.69) is 10.6 Å². The molecule has 0 bridgehead atoms. The van der Waals surface area contributed by atoms with Crippen LogP contribution in [-0.4, -0.2) is 36.1 Å². The highest BCUT2D eigenvalue weighted by molar-refractivity contribution is 6.33. The van der Waals surface area contributed by atoms with E-state index < -0.39 is 23.7 Å². The van der Waals surface area contributed by atoms with E-state index in [-0.39, 0.29) is 29.6 Å². The molecule has 0 radical (unpaired) electrons. The molecule has 2 amide bonds. The molecular weight excluding hydrogens is 323 g/mol. The summed E-state index contributed by atoms with van der Waals surface area (Å²) in [4.78, 5) is 23.6. The van der Waals surface area contributed by atoms with Gasteiger partial charge in [0.15, 0.2) is 0 Å². The summed E-state index contributed by atoms with van der Waals surface area (Å²) < 4.78 is 13.6. The van der Waals surface area contributed by atoms with E-state index in [4.69, 9.17) is 11.6 Å². The molecule has 7 heteroatoms. The first-order valence-electron chi connectivity index (χ1n) is 7.66. The van der Waals surface area contributed by atoms with Gasteiger partial charge in [-0.25, -0.2) is 4.39 Å². The number of carbonyl (C=O) groups is 2. The summed E-state index contributed by atoms with van der Waals surface area (Å²) in [6, 6.07) is 3.92. The van der Waals surface area contributed by atoms with Gasteiger partial charge in [-0.2, -0.15) is 0 Å². The summed E-state index contributed by atoms with van der Waals surface area (Å²) in [6.45, 7) is -0.152. The van der Waals surface area contributed by atoms with Crippen molar-refractivity contribution in [3.05, 3.63) is 34.6 Å². The van der Waals surface area contributed by atoms with Crippen LogP contribution in [-0.2, 0) is 4.79 Å². The first kappa shape index (κ1) is 17.7. The molecule has 3 N–H and O–H groups in total. The van der Waals surface area contributed by atoms with Crippen molar-refractivity contribution in [2.75, 3.05) is 13.1 Å². The van der Waals surface area contributed by atoms with Gasteiger partial charge in [0, 0.05) is 6.54 Å². The third-order valence-corrected chi connectivity index (χ3v) is 4.37. The van der Waals surface area contributed by atoms with Gasteiger partial charge in [0.2, 0.25) is 5.91 Å². The Morgan fingerprint density at radius 2 is 2.00 bits per heavy atom. The van der Waals surface area contributed by atoms with Gasteiger partial charge in [0.05, 0.1) is 23.2 Å². The molecule has 1 saturated carbocycles. The number of halogens is 2. The third-order valence-electron chi connectivity index (χ3n) is 4.05. The van der Waals surface area contributed by atoms with E-state index in [0.717, 1.165) is 31.7 Å². The number of hydrogen-bond acceptors (Lipinski definition) is 3. The lowest BCUT2D eigenvalue weighted by Gasteiger charge is -2.18. The number of nitrogens with one attached hydrogen (secondary N) is 2. The molecule has 1 aliphatic carbocycles. The lowest BCUT2D eigenvalue weighted by molar-refractivity contribution is -0.120. The highest BCUT2D eigenvalue weighted by atomic mass is 35.5. The molecule has 2 rings (SSSR count). The molecule has 1 fully saturated rings. The first-order valence-corrected chi connectivity index (χ1v) is 8.04. The van der Waals surface area contributed by atoms with E-state index in [9.17, 15) is 19.1 Å². The van der Waals surface area contributed by atoms with Crippen LogP contribution in [0.3, 0.4) is 0 Å². The number of aliphatic hydroxyl groups excluding tert-OH is 1. The largest absolute Gasteiger partial charge is 0.391 e. The van der Waals surface area contributed by atoms with Gasteiger partial charge in [-0.1, -0.05) is 30.5 Å². The Morgan fingerprint density at radius 1 is 1.30 bits per heavy atom. The zero-order valence-electron chi connectivity index (χ0n) is 12.6. The van der Waals surface area contributed by atoms with Gasteiger partial charge in [0.1, 0.15) is 5.82 Å². The Morgan fingerprint density at radius 3 is 2.65 bits per heavy atom. The predicted molar refractivity (Wildman–Crippen MR) is 84.7 cm³/mol. The summed E-state index contributed by atoms with van der Waals surface area (Å²) in [7, 11) is 0. The van der Waals surface area contributed by atoms with Gasteiger partial charge in [-0.15, -0.1) is 0 Å². The minimum Gasteiger partial charge on any atom is -0.391 e. The van der Waals surface area contributed by atoms with Crippen molar-refractivity contribution < 1.29 is 19.1 Å². The summed E-state index contributed by atoms with van der Waals surface area (Å²) in [6.07, 6.45) is 3.58. The van der Waals surface area contributed by atoms with Crippen LogP contribution in [0.15, 0.2) is 18.2 Å². The van der Waals surface area contributed by atoms with Crippen LogP contribution in [0.25, 0.3) is 0 Å². The van der Waals surface area contributed by atoms with Crippen LogP contribution in [0.2, 0.25) is 5.02 Å². The van der Waals surface area contributed by atoms with Crippen LogP contribution in [0.5, 0.6) is 0 Å². The highest BCUT2D eigenvalue weighted by Gasteiger charge is 2.23. The number of hydrogen-bond donors (Lipinski definition) is 3. The van der Waals surface area contributed by atoms with Gasteiger partial charge in [0.25, 0.3) is 5.91 Å². The monoisotopic (exact) mass is 342 g/mol. The number of benzene rings is 1. The van der Waals surface area contributed by atoms with Crippen molar-refractivity contribution in [1.82, 2.24) is 10.6 Å². The normalized spacial score (nSPS) is 16.1. The van der Waals surface area contributed by atoms with E-state index in [1.807, 2.05) is 0 Å². The molecule has 126 valence electrons. The topological polar surface area (TPSA) is 78.4 Å². The minimum atomic E-state index is -0.750. The molecule has 0 saturated heterocycles. The van der Waals surface area contributed by atoms with Crippen molar-refractivity contribution in [1.29, 1.82) is 0 Å². The average molecular weight is 343 g/mol. The Labute approximate surface area is 139 Å². The van der Waals surface area contributed by atoms with E-state index >= 15 is 0 Å². The second kappa shape index (κ2) is 8.26. The Hall–Kier alpha value is -1.66. The zero-order chi connectivity index (χ0) is 16.8. The smallest absolute Gasteiger partial charge is 0.256 e. The van der Waals surface area contributed by atoms with E-state index in [0.29, 0.717) is 0 Å². The van der Waals surface area contributed by atoms with Crippen LogP contribution >= 0.6 is 11.6 Å². The summed E-state index contributed by atoms with van der Waals surface area (Å²) in [5.41, 5.74) is -0.284. The quantitative estimate of drug-likeness (QED) is 0.738. The van der Waals surface area contributed by atoms with Crippen molar-refractivity contribution >= 4 is 23.4 Å². The number of aliphatic hydroxyl groups is 1. The second-order valence-electron chi connectivity index (χ2n) is 5.70. The number of carbonyl (C=O) groups excluding carboxylic acids is 2. The standard InChI is InChI=1S/C16H20ClFN2O3/c17-11-6-3-7-12(18)15(11)16(23)20-9-14(22)19-8-13(21)10-4-1-2-5-10/h3,6-7,10,13,21H,1-2,4-5,8-9H2,(H,19,22)(H,20,23). The summed E-state index contributed by atoms with van der Waals surface area (Å²) in [5, 5.41) is 14.8. The molecule has 0 aliphatic heterocycles. The maximum absolute atomic E-state index is 13.6. The zero-order valence-corrected chi connectivity index (χ0v) is 13.4. The molecule has 1 aliphatic rings. The van der Waals surface area contributed by atoms with Crippen molar-refractivity contribution in [2.24, 2.45) is 5.92 Å². The van der Waals surface area contributed by atoms with Crippen molar-refractivity contribution in [3.63, 3.8) is 0 Å². The van der Waals surface area contributed by atoms with Crippen molar-refractivity contribution in [2.45, 2.75) is 31.8 Å². The maximum atomic E-state index is 13.6.